The van der Waals surface area contributed by atoms with Crippen LogP contribution < -0.4 is 0 Å². The lowest BCUT2D eigenvalue weighted by Gasteiger charge is -2.24. The van der Waals surface area contributed by atoms with Gasteiger partial charge in [0.1, 0.15) is 5.75 Å². The Morgan fingerprint density at radius 3 is 2.07 bits per heavy atom. The molecule has 0 aromatic heterocycles. The average Bonchev–Trinajstić information content (AvgIpc) is 2.13. The lowest BCUT2D eigenvalue weighted by molar-refractivity contribution is 0.442. The van der Waals surface area contributed by atoms with E-state index in [0.29, 0.717) is 5.75 Å². The summed E-state index contributed by atoms with van der Waals surface area (Å²) >= 11 is 0. The highest BCUT2D eigenvalue weighted by atomic mass is 16.3. The first-order chi connectivity index (χ1) is 6.79. The first-order valence-corrected chi connectivity index (χ1v) is 5.61. The van der Waals surface area contributed by atoms with Crippen molar-refractivity contribution in [2.24, 2.45) is 0 Å². The summed E-state index contributed by atoms with van der Waals surface area (Å²) in [5.74, 6) is 0.470. The maximum absolute atomic E-state index is 10.1. The van der Waals surface area contributed by atoms with Crippen LogP contribution in [0, 0.1) is 13.8 Å². The lowest BCUT2D eigenvalue weighted by atomic mass is 9.82. The Kier molecular flexibility index (Phi) is 3.13. The number of phenolic OH excluding ortho intramolecular Hbond substituents is 1. The van der Waals surface area contributed by atoms with Crippen molar-refractivity contribution in [3.05, 3.63) is 28.3 Å². The molecule has 0 atom stereocenters. The quantitative estimate of drug-likeness (QED) is 0.739. The minimum Gasteiger partial charge on any atom is -0.507 e. The Labute approximate surface area is 93.1 Å². The molecule has 84 valence electrons. The summed E-state index contributed by atoms with van der Waals surface area (Å²) in [5, 5.41) is 10.1. The molecule has 0 aliphatic rings. The van der Waals surface area contributed by atoms with E-state index in [0.717, 1.165) is 17.5 Å². The zero-order valence-corrected chi connectivity index (χ0v) is 10.7. The van der Waals surface area contributed by atoms with Gasteiger partial charge in [0.25, 0.3) is 0 Å². The third-order valence-corrected chi connectivity index (χ3v) is 3.16. The third-order valence-electron chi connectivity index (χ3n) is 3.16. The van der Waals surface area contributed by atoms with Crippen molar-refractivity contribution < 1.29 is 5.11 Å². The first-order valence-electron chi connectivity index (χ1n) is 5.61. The summed E-state index contributed by atoms with van der Waals surface area (Å²) in [4.78, 5) is 0. The Morgan fingerprint density at radius 1 is 1.13 bits per heavy atom. The van der Waals surface area contributed by atoms with Crippen molar-refractivity contribution in [1.82, 2.24) is 0 Å². The van der Waals surface area contributed by atoms with Gasteiger partial charge in [-0.25, -0.2) is 0 Å². The summed E-state index contributed by atoms with van der Waals surface area (Å²) in [6.07, 6.45) is 1.02. The standard InChI is InChI=1S/C14H22O/c1-7-11-8-12(14(4,5)6)13(15)10(3)9(11)2/h8,15H,7H2,1-6H3. The van der Waals surface area contributed by atoms with Crippen LogP contribution in [0.5, 0.6) is 5.75 Å². The largest absolute Gasteiger partial charge is 0.507 e. The molecule has 0 spiro atoms. The maximum Gasteiger partial charge on any atom is 0.122 e. The van der Waals surface area contributed by atoms with Gasteiger partial charge >= 0.3 is 0 Å². The first kappa shape index (κ1) is 12.1. The van der Waals surface area contributed by atoms with Gasteiger partial charge in [-0.1, -0.05) is 33.8 Å². The highest BCUT2D eigenvalue weighted by molar-refractivity contribution is 5.51. The molecule has 0 heterocycles. The number of benzene rings is 1. The van der Waals surface area contributed by atoms with Crippen LogP contribution in [0.1, 0.15) is 49.9 Å². The van der Waals surface area contributed by atoms with Crippen LogP contribution in [-0.4, -0.2) is 5.11 Å². The molecule has 1 rings (SSSR count). The van der Waals surface area contributed by atoms with Crippen molar-refractivity contribution in [2.75, 3.05) is 0 Å². The summed E-state index contributed by atoms with van der Waals surface area (Å²) < 4.78 is 0. The van der Waals surface area contributed by atoms with E-state index in [-0.39, 0.29) is 5.41 Å². The van der Waals surface area contributed by atoms with Gasteiger partial charge in [0, 0.05) is 0 Å². The van der Waals surface area contributed by atoms with Crippen molar-refractivity contribution >= 4 is 0 Å². The van der Waals surface area contributed by atoms with Crippen molar-refractivity contribution in [1.29, 1.82) is 0 Å². The van der Waals surface area contributed by atoms with Crippen molar-refractivity contribution in [2.45, 2.75) is 53.4 Å². The van der Waals surface area contributed by atoms with E-state index in [1.807, 2.05) is 6.92 Å². The second kappa shape index (κ2) is 3.88. The van der Waals surface area contributed by atoms with Gasteiger partial charge in [-0.05, 0) is 47.9 Å². The van der Waals surface area contributed by atoms with E-state index < -0.39 is 0 Å². The second-order valence-electron chi connectivity index (χ2n) is 5.29. The van der Waals surface area contributed by atoms with Gasteiger partial charge in [0.15, 0.2) is 0 Å². The van der Waals surface area contributed by atoms with Gasteiger partial charge in [-0.15, -0.1) is 0 Å². The average molecular weight is 206 g/mol. The number of hydrogen-bond acceptors (Lipinski definition) is 1. The molecule has 0 radical (unpaired) electrons. The van der Waals surface area contributed by atoms with Crippen LogP contribution in [0.4, 0.5) is 0 Å². The molecule has 0 saturated carbocycles. The van der Waals surface area contributed by atoms with E-state index in [4.69, 9.17) is 0 Å². The molecule has 0 aliphatic carbocycles. The van der Waals surface area contributed by atoms with Crippen LogP contribution in [0.3, 0.4) is 0 Å². The molecular formula is C14H22O. The summed E-state index contributed by atoms with van der Waals surface area (Å²) in [5.41, 5.74) is 4.66. The molecule has 1 aromatic rings. The Bertz CT molecular complexity index is 370. The molecule has 0 aliphatic heterocycles. The Balaban J connectivity index is 3.49. The molecular weight excluding hydrogens is 184 g/mol. The molecule has 1 heteroatoms. The van der Waals surface area contributed by atoms with Crippen LogP contribution in [0.2, 0.25) is 0 Å². The molecule has 1 nitrogen and oxygen atoms in total. The predicted molar refractivity (Wildman–Crippen MR) is 65.7 cm³/mol. The minimum atomic E-state index is 0.00641. The van der Waals surface area contributed by atoms with Crippen molar-refractivity contribution in [3.8, 4) is 5.75 Å². The smallest absolute Gasteiger partial charge is 0.122 e. The number of aryl methyl sites for hydroxylation is 1. The van der Waals surface area contributed by atoms with Crippen LogP contribution in [-0.2, 0) is 11.8 Å². The normalized spacial score (nSPS) is 11.9. The molecule has 1 N–H and O–H groups in total. The molecule has 0 unspecified atom stereocenters. The van der Waals surface area contributed by atoms with Gasteiger partial charge in [-0.3, -0.25) is 0 Å². The summed E-state index contributed by atoms with van der Waals surface area (Å²) in [6.45, 7) is 12.6. The van der Waals surface area contributed by atoms with E-state index >= 15 is 0 Å². The van der Waals surface area contributed by atoms with Gasteiger partial charge in [0.2, 0.25) is 0 Å². The highest BCUT2D eigenvalue weighted by Gasteiger charge is 2.21. The van der Waals surface area contributed by atoms with Crippen molar-refractivity contribution in [3.63, 3.8) is 0 Å². The monoisotopic (exact) mass is 206 g/mol. The van der Waals surface area contributed by atoms with Crippen LogP contribution >= 0.6 is 0 Å². The van der Waals surface area contributed by atoms with Gasteiger partial charge < -0.3 is 5.11 Å². The van der Waals surface area contributed by atoms with E-state index in [2.05, 4.69) is 40.7 Å². The molecule has 0 saturated heterocycles. The van der Waals surface area contributed by atoms with Gasteiger partial charge in [-0.2, -0.15) is 0 Å². The number of rotatable bonds is 1. The predicted octanol–water partition coefficient (Wildman–Crippen LogP) is 3.87. The zero-order valence-electron chi connectivity index (χ0n) is 10.7. The summed E-state index contributed by atoms with van der Waals surface area (Å²) in [6, 6.07) is 2.15. The van der Waals surface area contributed by atoms with Crippen LogP contribution in [0.25, 0.3) is 0 Å². The summed E-state index contributed by atoms with van der Waals surface area (Å²) in [7, 11) is 0. The SMILES string of the molecule is CCc1cc(C(C)(C)C)c(O)c(C)c1C. The molecule has 0 bridgehead atoms. The number of aromatic hydroxyl groups is 1. The second-order valence-corrected chi connectivity index (χ2v) is 5.29. The Hall–Kier alpha value is -0.980. The highest BCUT2D eigenvalue weighted by Crippen LogP contribution is 2.36. The van der Waals surface area contributed by atoms with Gasteiger partial charge in [0.05, 0.1) is 0 Å². The number of hydrogen-bond donors (Lipinski definition) is 1. The van der Waals surface area contributed by atoms with Crippen LogP contribution in [0.15, 0.2) is 6.07 Å². The number of phenols is 1. The van der Waals surface area contributed by atoms with E-state index in [1.165, 1.54) is 11.1 Å². The Morgan fingerprint density at radius 2 is 1.67 bits per heavy atom. The maximum atomic E-state index is 10.1. The fourth-order valence-corrected chi connectivity index (χ4v) is 1.91. The fraction of sp³-hybridized carbons (Fsp3) is 0.571. The molecule has 0 fully saturated rings. The fourth-order valence-electron chi connectivity index (χ4n) is 1.91. The minimum absolute atomic E-state index is 0.00641. The van der Waals surface area contributed by atoms with E-state index in [9.17, 15) is 5.11 Å². The van der Waals surface area contributed by atoms with E-state index in [1.54, 1.807) is 0 Å². The zero-order chi connectivity index (χ0) is 11.8. The third kappa shape index (κ3) is 2.17. The topological polar surface area (TPSA) is 20.2 Å². The molecule has 0 amide bonds. The molecule has 1 aromatic carbocycles. The lowest BCUT2D eigenvalue weighted by Crippen LogP contribution is -2.13. The molecule has 15 heavy (non-hydrogen) atoms.